The summed E-state index contributed by atoms with van der Waals surface area (Å²) in [5.74, 6) is 2.14. The third-order valence-electron chi connectivity index (χ3n) is 2.64. The van der Waals surface area contributed by atoms with Crippen LogP contribution in [0.25, 0.3) is 22.6 Å². The van der Waals surface area contributed by atoms with Gasteiger partial charge in [0.05, 0.1) is 24.5 Å². The van der Waals surface area contributed by atoms with Crippen LogP contribution >= 0.6 is 0 Å². The number of ether oxygens (including phenoxy) is 1. The molecule has 0 radical (unpaired) electrons. The molecule has 5 nitrogen and oxygen atoms in total. The van der Waals surface area contributed by atoms with Crippen LogP contribution in [0.2, 0.25) is 0 Å². The van der Waals surface area contributed by atoms with Crippen LogP contribution < -0.4 is 4.74 Å². The second kappa shape index (κ2) is 3.62. The number of methoxy groups -OCH3 is 1. The standard InChI is InChI=1S/C12H11N3O2/c1-7-8(5-6-17-7)11-13-9-3-4-10(16-2)14-12(9)15-11/h3-6H,1-2H3,(H,13,14,15). The number of rotatable bonds is 2. The first-order valence-corrected chi connectivity index (χ1v) is 5.23. The van der Waals surface area contributed by atoms with Crippen molar-refractivity contribution in [1.82, 2.24) is 15.0 Å². The molecule has 0 atom stereocenters. The molecule has 0 saturated carbocycles. The third kappa shape index (κ3) is 1.56. The summed E-state index contributed by atoms with van der Waals surface area (Å²) in [5.41, 5.74) is 2.46. The van der Waals surface area contributed by atoms with E-state index in [4.69, 9.17) is 9.15 Å². The van der Waals surface area contributed by atoms with Crippen LogP contribution in [-0.2, 0) is 0 Å². The van der Waals surface area contributed by atoms with Crippen LogP contribution in [0.4, 0.5) is 0 Å². The van der Waals surface area contributed by atoms with Crippen molar-refractivity contribution in [2.45, 2.75) is 6.92 Å². The molecule has 0 aromatic carbocycles. The van der Waals surface area contributed by atoms with E-state index in [9.17, 15) is 0 Å². The van der Waals surface area contributed by atoms with Gasteiger partial charge in [0, 0.05) is 6.07 Å². The van der Waals surface area contributed by atoms with Crippen LogP contribution in [-0.4, -0.2) is 22.1 Å². The molecule has 0 saturated heterocycles. The SMILES string of the molecule is COc1ccc2[nH]c(-c3ccoc3C)nc2n1. The summed E-state index contributed by atoms with van der Waals surface area (Å²) < 4.78 is 10.3. The van der Waals surface area contributed by atoms with Crippen molar-refractivity contribution in [1.29, 1.82) is 0 Å². The summed E-state index contributed by atoms with van der Waals surface area (Å²) in [7, 11) is 1.59. The van der Waals surface area contributed by atoms with Crippen LogP contribution in [0, 0.1) is 6.92 Å². The molecule has 3 rings (SSSR count). The Bertz CT molecular complexity index is 669. The quantitative estimate of drug-likeness (QED) is 0.733. The van der Waals surface area contributed by atoms with Gasteiger partial charge in [-0.25, -0.2) is 4.98 Å². The predicted molar refractivity (Wildman–Crippen MR) is 62.9 cm³/mol. The van der Waals surface area contributed by atoms with Gasteiger partial charge in [-0.1, -0.05) is 0 Å². The minimum atomic E-state index is 0.555. The van der Waals surface area contributed by atoms with E-state index in [1.807, 2.05) is 19.1 Å². The molecule has 0 aliphatic carbocycles. The molecule has 1 N–H and O–H groups in total. The molecule has 5 heteroatoms. The van der Waals surface area contributed by atoms with Gasteiger partial charge >= 0.3 is 0 Å². The Morgan fingerprint density at radius 1 is 1.24 bits per heavy atom. The zero-order valence-corrected chi connectivity index (χ0v) is 9.52. The predicted octanol–water partition coefficient (Wildman–Crippen LogP) is 2.53. The minimum absolute atomic E-state index is 0.555. The number of imidazole rings is 1. The number of fused-ring (bicyclic) bond motifs is 1. The van der Waals surface area contributed by atoms with Crippen molar-refractivity contribution in [2.24, 2.45) is 0 Å². The topological polar surface area (TPSA) is 63.9 Å². The van der Waals surface area contributed by atoms with Gasteiger partial charge < -0.3 is 14.1 Å². The summed E-state index contributed by atoms with van der Waals surface area (Å²) in [6, 6.07) is 5.57. The highest BCUT2D eigenvalue weighted by Gasteiger charge is 2.10. The Labute approximate surface area is 97.5 Å². The first-order chi connectivity index (χ1) is 8.28. The molecule has 0 aliphatic heterocycles. The smallest absolute Gasteiger partial charge is 0.215 e. The maximum absolute atomic E-state index is 5.25. The maximum atomic E-state index is 5.25. The van der Waals surface area contributed by atoms with Crippen LogP contribution in [0.15, 0.2) is 28.9 Å². The first kappa shape index (κ1) is 9.89. The Kier molecular flexibility index (Phi) is 2.11. The van der Waals surface area contributed by atoms with Gasteiger partial charge in [-0.05, 0) is 19.1 Å². The largest absolute Gasteiger partial charge is 0.481 e. The van der Waals surface area contributed by atoms with E-state index >= 15 is 0 Å². The van der Waals surface area contributed by atoms with Gasteiger partial charge in [0.2, 0.25) is 5.88 Å². The minimum Gasteiger partial charge on any atom is -0.481 e. The number of aryl methyl sites for hydroxylation is 1. The number of pyridine rings is 1. The van der Waals surface area contributed by atoms with E-state index in [-0.39, 0.29) is 0 Å². The number of nitrogens with zero attached hydrogens (tertiary/aromatic N) is 2. The van der Waals surface area contributed by atoms with Gasteiger partial charge in [0.1, 0.15) is 11.6 Å². The van der Waals surface area contributed by atoms with Gasteiger partial charge in [-0.15, -0.1) is 0 Å². The molecule has 0 bridgehead atoms. The van der Waals surface area contributed by atoms with Crippen LogP contribution in [0.5, 0.6) is 5.88 Å². The highest BCUT2D eigenvalue weighted by Crippen LogP contribution is 2.24. The lowest BCUT2D eigenvalue weighted by atomic mass is 10.2. The molecule has 17 heavy (non-hydrogen) atoms. The zero-order chi connectivity index (χ0) is 11.8. The van der Waals surface area contributed by atoms with Crippen molar-refractivity contribution in [2.75, 3.05) is 7.11 Å². The number of hydrogen-bond acceptors (Lipinski definition) is 4. The van der Waals surface area contributed by atoms with Crippen molar-refractivity contribution in [3.05, 3.63) is 30.2 Å². The Morgan fingerprint density at radius 2 is 2.12 bits per heavy atom. The molecule has 3 heterocycles. The van der Waals surface area contributed by atoms with Crippen molar-refractivity contribution < 1.29 is 9.15 Å². The Morgan fingerprint density at radius 3 is 2.82 bits per heavy atom. The maximum Gasteiger partial charge on any atom is 0.215 e. The molecule has 0 fully saturated rings. The van der Waals surface area contributed by atoms with Gasteiger partial charge in [0.25, 0.3) is 0 Å². The lowest BCUT2D eigenvalue weighted by Gasteiger charge is -1.95. The number of furan rings is 1. The van der Waals surface area contributed by atoms with E-state index in [0.717, 1.165) is 22.7 Å². The van der Waals surface area contributed by atoms with E-state index in [0.29, 0.717) is 11.5 Å². The number of aromatic nitrogens is 3. The second-order valence-electron chi connectivity index (χ2n) is 3.70. The number of aromatic amines is 1. The van der Waals surface area contributed by atoms with Gasteiger partial charge in [-0.3, -0.25) is 0 Å². The van der Waals surface area contributed by atoms with Crippen molar-refractivity contribution in [3.63, 3.8) is 0 Å². The zero-order valence-electron chi connectivity index (χ0n) is 9.52. The monoisotopic (exact) mass is 229 g/mol. The molecule has 86 valence electrons. The molecule has 3 aromatic rings. The molecular formula is C12H11N3O2. The highest BCUT2D eigenvalue weighted by atomic mass is 16.5. The summed E-state index contributed by atoms with van der Waals surface area (Å²) >= 11 is 0. The van der Waals surface area contributed by atoms with Crippen molar-refractivity contribution in [3.8, 4) is 17.3 Å². The fourth-order valence-corrected chi connectivity index (χ4v) is 1.75. The number of H-pyrrole nitrogens is 1. The lowest BCUT2D eigenvalue weighted by Crippen LogP contribution is -1.86. The molecular weight excluding hydrogens is 218 g/mol. The summed E-state index contributed by atoms with van der Waals surface area (Å²) in [6.45, 7) is 1.90. The summed E-state index contributed by atoms with van der Waals surface area (Å²) in [4.78, 5) is 11.9. The Balaban J connectivity index is 2.17. The van der Waals surface area contributed by atoms with E-state index in [2.05, 4.69) is 15.0 Å². The van der Waals surface area contributed by atoms with Crippen LogP contribution in [0.3, 0.4) is 0 Å². The highest BCUT2D eigenvalue weighted by molar-refractivity contribution is 5.76. The van der Waals surface area contributed by atoms with E-state index in [1.54, 1.807) is 19.4 Å². The van der Waals surface area contributed by atoms with Gasteiger partial charge in [0.15, 0.2) is 5.65 Å². The molecule has 0 amide bonds. The first-order valence-electron chi connectivity index (χ1n) is 5.23. The average molecular weight is 229 g/mol. The fourth-order valence-electron chi connectivity index (χ4n) is 1.75. The molecule has 0 spiro atoms. The molecule has 3 aromatic heterocycles. The normalized spacial score (nSPS) is 10.9. The van der Waals surface area contributed by atoms with Gasteiger partial charge in [-0.2, -0.15) is 4.98 Å². The summed E-state index contributed by atoms with van der Waals surface area (Å²) in [6.07, 6.45) is 1.64. The fraction of sp³-hybridized carbons (Fsp3) is 0.167. The number of hydrogen-bond donors (Lipinski definition) is 1. The summed E-state index contributed by atoms with van der Waals surface area (Å²) in [5, 5.41) is 0. The molecule has 0 aliphatic rings. The third-order valence-corrected chi connectivity index (χ3v) is 2.64. The second-order valence-corrected chi connectivity index (χ2v) is 3.70. The van der Waals surface area contributed by atoms with Crippen LogP contribution in [0.1, 0.15) is 5.76 Å². The number of nitrogens with one attached hydrogen (secondary N) is 1. The lowest BCUT2D eigenvalue weighted by molar-refractivity contribution is 0.399. The molecule has 0 unspecified atom stereocenters. The van der Waals surface area contributed by atoms with Crippen molar-refractivity contribution >= 4 is 11.2 Å². The average Bonchev–Trinajstić information content (AvgIpc) is 2.93. The van der Waals surface area contributed by atoms with E-state index in [1.165, 1.54) is 0 Å². The van der Waals surface area contributed by atoms with E-state index < -0.39 is 0 Å². The Hall–Kier alpha value is -2.30.